The molecule has 0 aromatic rings. The summed E-state index contributed by atoms with van der Waals surface area (Å²) in [6.07, 6.45) is 22.7. The minimum Gasteiger partial charge on any atom is -0.1000 e. The molecule has 0 nitrogen and oxygen atoms in total. The van der Waals surface area contributed by atoms with Crippen molar-refractivity contribution in [2.75, 3.05) is 12.3 Å². The van der Waals surface area contributed by atoms with E-state index in [0.717, 1.165) is 0 Å². The summed E-state index contributed by atoms with van der Waals surface area (Å²) in [5.74, 6) is 0. The molecule has 114 valence electrons. The van der Waals surface area contributed by atoms with Gasteiger partial charge in [0.1, 0.15) is 0 Å². The zero-order valence-electron chi connectivity index (χ0n) is 13.1. The van der Waals surface area contributed by atoms with Crippen molar-refractivity contribution in [3.05, 3.63) is 0 Å². The maximum absolute atomic E-state index is 1.71. The van der Waals surface area contributed by atoms with Crippen LogP contribution in [0.2, 0.25) is 0 Å². The first-order valence-electron chi connectivity index (χ1n) is 9.43. The van der Waals surface area contributed by atoms with Gasteiger partial charge in [-0.3, -0.25) is 0 Å². The summed E-state index contributed by atoms with van der Waals surface area (Å²) >= 11 is 0. The van der Waals surface area contributed by atoms with Crippen LogP contribution in [-0.2, 0) is 0 Å². The molecule has 4 saturated heterocycles. The van der Waals surface area contributed by atoms with Crippen molar-refractivity contribution in [3.8, 4) is 0 Å². The van der Waals surface area contributed by atoms with E-state index in [9.17, 15) is 0 Å². The van der Waals surface area contributed by atoms with Crippen molar-refractivity contribution >= 4 is 15.8 Å². The number of hydrogen-bond donors (Lipinski definition) is 0. The Bertz CT molecular complexity index is 280. The normalized spacial score (nSPS) is 48.0. The van der Waals surface area contributed by atoms with Gasteiger partial charge in [0.2, 0.25) is 0 Å². The minimum atomic E-state index is 0.463. The highest BCUT2D eigenvalue weighted by atomic mass is 31.1. The van der Waals surface area contributed by atoms with E-state index in [-0.39, 0.29) is 0 Å². The molecule has 0 spiro atoms. The van der Waals surface area contributed by atoms with E-state index < -0.39 is 0 Å². The molecular formula is C18H32P2. The van der Waals surface area contributed by atoms with Crippen LogP contribution in [-0.4, -0.2) is 35.0 Å². The van der Waals surface area contributed by atoms with Gasteiger partial charge >= 0.3 is 0 Å². The molecule has 20 heavy (non-hydrogen) atoms. The quantitative estimate of drug-likeness (QED) is 0.548. The highest BCUT2D eigenvalue weighted by molar-refractivity contribution is 7.63. The molecule has 0 aromatic carbocycles. The molecule has 4 aliphatic heterocycles. The van der Waals surface area contributed by atoms with Gasteiger partial charge in [-0.05, 0) is 86.3 Å². The molecule has 0 amide bonds. The van der Waals surface area contributed by atoms with Gasteiger partial charge in [-0.2, -0.15) is 0 Å². The van der Waals surface area contributed by atoms with Crippen molar-refractivity contribution in [1.29, 1.82) is 0 Å². The fourth-order valence-electron chi connectivity index (χ4n) is 5.78. The van der Waals surface area contributed by atoms with Gasteiger partial charge in [-0.1, -0.05) is 41.5 Å². The van der Waals surface area contributed by atoms with Crippen molar-refractivity contribution in [1.82, 2.24) is 0 Å². The molecular weight excluding hydrogens is 278 g/mol. The molecule has 3 atom stereocenters. The molecule has 0 saturated carbocycles. The van der Waals surface area contributed by atoms with Gasteiger partial charge in [0.15, 0.2) is 0 Å². The fourth-order valence-corrected chi connectivity index (χ4v) is 14.3. The largest absolute Gasteiger partial charge is 0.1000 e. The predicted molar refractivity (Wildman–Crippen MR) is 94.1 cm³/mol. The Morgan fingerprint density at radius 1 is 0.450 bits per heavy atom. The second-order valence-electron chi connectivity index (χ2n) is 7.81. The lowest BCUT2D eigenvalue weighted by atomic mass is 9.99. The Kier molecular flexibility index (Phi) is 4.73. The van der Waals surface area contributed by atoms with Crippen molar-refractivity contribution in [3.63, 3.8) is 0 Å². The van der Waals surface area contributed by atoms with Crippen molar-refractivity contribution < 1.29 is 0 Å². The summed E-state index contributed by atoms with van der Waals surface area (Å²) < 4.78 is 0. The number of rotatable bonds is 3. The zero-order valence-corrected chi connectivity index (χ0v) is 14.9. The SMILES string of the molecule is C1CC2CCCC(C1)P2CCP1[C@@H]2CCCC[C@H]1CC2. The Hall–Kier alpha value is 0.860. The second kappa shape index (κ2) is 6.54. The van der Waals surface area contributed by atoms with Gasteiger partial charge in [0, 0.05) is 0 Å². The van der Waals surface area contributed by atoms with Crippen LogP contribution in [0.15, 0.2) is 0 Å². The van der Waals surface area contributed by atoms with E-state index in [2.05, 4.69) is 0 Å². The lowest BCUT2D eigenvalue weighted by molar-refractivity contribution is 0.475. The Labute approximate surface area is 128 Å². The van der Waals surface area contributed by atoms with E-state index in [4.69, 9.17) is 0 Å². The summed E-state index contributed by atoms with van der Waals surface area (Å²) in [5, 5.41) is 0. The maximum Gasteiger partial charge on any atom is -0.0206 e. The molecule has 4 aliphatic rings. The van der Waals surface area contributed by atoms with Gasteiger partial charge < -0.3 is 0 Å². The van der Waals surface area contributed by atoms with Crippen molar-refractivity contribution in [2.45, 2.75) is 99.7 Å². The minimum absolute atomic E-state index is 0.463. The van der Waals surface area contributed by atoms with Gasteiger partial charge in [-0.25, -0.2) is 0 Å². The molecule has 0 N–H and O–H groups in total. The van der Waals surface area contributed by atoms with Crippen LogP contribution in [0.5, 0.6) is 0 Å². The van der Waals surface area contributed by atoms with E-state index in [0.29, 0.717) is 15.8 Å². The lowest BCUT2D eigenvalue weighted by Gasteiger charge is -2.44. The van der Waals surface area contributed by atoms with E-state index in [1.165, 1.54) is 22.6 Å². The van der Waals surface area contributed by atoms with Crippen molar-refractivity contribution in [2.24, 2.45) is 0 Å². The standard InChI is InChI=1S/C18H32P2/c1-2-6-18-12-11-17(5-1)20(18)14-13-19-15-7-3-8-16(19)10-4-9-15/h15-18H,1-14H2/t15?,16?,17-,18+,19?,20?. The molecule has 4 fully saturated rings. The van der Waals surface area contributed by atoms with Crippen LogP contribution in [0.1, 0.15) is 77.0 Å². The summed E-state index contributed by atoms with van der Waals surface area (Å²) in [7, 11) is 0.925. The van der Waals surface area contributed by atoms with Crippen LogP contribution in [0, 0.1) is 0 Å². The van der Waals surface area contributed by atoms with Crippen LogP contribution in [0.4, 0.5) is 0 Å². The Balaban J connectivity index is 1.37. The van der Waals surface area contributed by atoms with Crippen LogP contribution in [0.3, 0.4) is 0 Å². The Morgan fingerprint density at radius 2 is 0.800 bits per heavy atom. The number of fused-ring (bicyclic) bond motifs is 4. The van der Waals surface area contributed by atoms with Gasteiger partial charge in [-0.15, -0.1) is 0 Å². The van der Waals surface area contributed by atoms with E-state index >= 15 is 0 Å². The first-order chi connectivity index (χ1) is 9.92. The smallest absolute Gasteiger partial charge is 0.0206 e. The molecule has 0 radical (unpaired) electrons. The second-order valence-corrected chi connectivity index (χ2v) is 13.7. The highest BCUT2D eigenvalue weighted by Gasteiger charge is 2.39. The van der Waals surface area contributed by atoms with Crippen LogP contribution >= 0.6 is 15.8 Å². The number of hydrogen-bond acceptors (Lipinski definition) is 0. The first kappa shape index (κ1) is 14.5. The monoisotopic (exact) mass is 310 g/mol. The molecule has 4 rings (SSSR count). The summed E-state index contributed by atoms with van der Waals surface area (Å²) in [5.41, 5.74) is 4.88. The van der Waals surface area contributed by atoms with Gasteiger partial charge in [0.25, 0.3) is 0 Å². The third kappa shape index (κ3) is 2.86. The molecule has 4 heterocycles. The third-order valence-electron chi connectivity index (χ3n) is 6.80. The summed E-state index contributed by atoms with van der Waals surface area (Å²) in [6, 6.07) is 0. The average molecular weight is 310 g/mol. The molecule has 1 unspecified atom stereocenters. The molecule has 0 aromatic heterocycles. The summed E-state index contributed by atoms with van der Waals surface area (Å²) in [6.45, 7) is 0. The van der Waals surface area contributed by atoms with Gasteiger partial charge in [0.05, 0.1) is 0 Å². The topological polar surface area (TPSA) is 0 Å². The molecule has 2 heteroatoms. The maximum atomic E-state index is 1.71. The van der Waals surface area contributed by atoms with Crippen LogP contribution in [0.25, 0.3) is 0 Å². The fraction of sp³-hybridized carbons (Fsp3) is 1.00. The highest BCUT2D eigenvalue weighted by Crippen LogP contribution is 2.65. The first-order valence-corrected chi connectivity index (χ1v) is 12.8. The average Bonchev–Trinajstić information content (AvgIpc) is 2.68. The van der Waals surface area contributed by atoms with E-state index in [1.54, 1.807) is 89.4 Å². The lowest BCUT2D eigenvalue weighted by Crippen LogP contribution is -2.28. The Morgan fingerprint density at radius 3 is 1.25 bits per heavy atom. The molecule has 4 bridgehead atoms. The van der Waals surface area contributed by atoms with Crippen LogP contribution < -0.4 is 0 Å². The zero-order chi connectivity index (χ0) is 13.4. The van der Waals surface area contributed by atoms with E-state index in [1.807, 2.05) is 0 Å². The predicted octanol–water partition coefficient (Wildman–Crippen LogP) is 6.16. The third-order valence-corrected chi connectivity index (χ3v) is 14.5. The molecule has 0 aliphatic carbocycles. The summed E-state index contributed by atoms with van der Waals surface area (Å²) in [4.78, 5) is 0.